The molecule has 0 saturated heterocycles. The average molecular weight is 236 g/mol. The summed E-state index contributed by atoms with van der Waals surface area (Å²) in [4.78, 5) is 19.0. The van der Waals surface area contributed by atoms with Crippen LogP contribution in [0.4, 0.5) is 0 Å². The first kappa shape index (κ1) is 20.4. The molecular formula is C10H13KO4. The van der Waals surface area contributed by atoms with Crippen molar-refractivity contribution in [1.29, 1.82) is 0 Å². The predicted molar refractivity (Wildman–Crippen MR) is 51.1 cm³/mol. The summed E-state index contributed by atoms with van der Waals surface area (Å²) in [5.41, 5.74) is 0.331. The zero-order valence-corrected chi connectivity index (χ0v) is 12.3. The number of rotatable bonds is 1. The maximum Gasteiger partial charge on any atom is 1.00 e. The molecule has 0 amide bonds. The van der Waals surface area contributed by atoms with Crippen molar-refractivity contribution in [3.8, 4) is 0 Å². The number of aldehydes is 1. The SMILES string of the molecule is CC=O.C[O-].O=C(O)c1ccccc1.[K+]. The fraction of sp³-hybridized carbons (Fsp3) is 0.200. The van der Waals surface area contributed by atoms with Crippen LogP contribution in [0.3, 0.4) is 0 Å². The van der Waals surface area contributed by atoms with Gasteiger partial charge in [-0.25, -0.2) is 4.79 Å². The Morgan fingerprint density at radius 3 is 1.80 bits per heavy atom. The Labute approximate surface area is 132 Å². The van der Waals surface area contributed by atoms with Gasteiger partial charge in [-0.2, -0.15) is 7.11 Å². The molecular weight excluding hydrogens is 223 g/mol. The van der Waals surface area contributed by atoms with E-state index in [0.717, 1.165) is 13.4 Å². The van der Waals surface area contributed by atoms with Crippen molar-refractivity contribution in [3.63, 3.8) is 0 Å². The number of hydrogen-bond acceptors (Lipinski definition) is 3. The predicted octanol–water partition coefficient (Wildman–Crippen LogP) is -2.43. The van der Waals surface area contributed by atoms with Gasteiger partial charge in [0.25, 0.3) is 0 Å². The van der Waals surface area contributed by atoms with Crippen molar-refractivity contribution in [1.82, 2.24) is 0 Å². The molecule has 0 aliphatic carbocycles. The minimum Gasteiger partial charge on any atom is -0.857 e. The number of hydrogen-bond donors (Lipinski definition) is 1. The van der Waals surface area contributed by atoms with Crippen LogP contribution < -0.4 is 56.5 Å². The van der Waals surface area contributed by atoms with Gasteiger partial charge in [-0.1, -0.05) is 18.2 Å². The Bertz CT molecular complexity index is 249. The van der Waals surface area contributed by atoms with E-state index in [0.29, 0.717) is 5.56 Å². The van der Waals surface area contributed by atoms with Crippen molar-refractivity contribution < 1.29 is 71.2 Å². The van der Waals surface area contributed by atoms with Crippen molar-refractivity contribution in [2.45, 2.75) is 6.92 Å². The van der Waals surface area contributed by atoms with E-state index in [1.165, 1.54) is 6.92 Å². The Balaban J connectivity index is -0.000000209. The number of carboxylic acids is 1. The van der Waals surface area contributed by atoms with Crippen molar-refractivity contribution in [3.05, 3.63) is 35.9 Å². The number of aromatic carboxylic acids is 1. The largest absolute Gasteiger partial charge is 1.00 e. The summed E-state index contributed by atoms with van der Waals surface area (Å²) >= 11 is 0. The van der Waals surface area contributed by atoms with Gasteiger partial charge in [0.15, 0.2) is 0 Å². The standard InChI is InChI=1S/C7H6O2.C2H4O.CH3O.K/c8-7(9)6-4-2-1-3-5-6;1-2-3;1-2;/h1-5H,(H,8,9);2H,1H3;1H3;/q;;-1;+1. The van der Waals surface area contributed by atoms with Crippen LogP contribution >= 0.6 is 0 Å². The molecule has 0 aliphatic rings. The zero-order valence-electron chi connectivity index (χ0n) is 9.14. The van der Waals surface area contributed by atoms with Gasteiger partial charge in [0.05, 0.1) is 5.56 Å². The maximum absolute atomic E-state index is 10.2. The van der Waals surface area contributed by atoms with Crippen LogP contribution in [0, 0.1) is 0 Å². The molecule has 1 N–H and O–H groups in total. The summed E-state index contributed by atoms with van der Waals surface area (Å²) < 4.78 is 0. The summed E-state index contributed by atoms with van der Waals surface area (Å²) in [6.45, 7) is 1.44. The van der Waals surface area contributed by atoms with E-state index in [-0.39, 0.29) is 51.4 Å². The molecule has 4 nitrogen and oxygen atoms in total. The van der Waals surface area contributed by atoms with E-state index in [2.05, 4.69) is 0 Å². The summed E-state index contributed by atoms with van der Waals surface area (Å²) in [5, 5.41) is 16.6. The average Bonchev–Trinajstić information content (AvgIpc) is 2.23. The van der Waals surface area contributed by atoms with Gasteiger partial charge in [-0.05, 0) is 19.1 Å². The third kappa shape index (κ3) is 14.0. The third-order valence-electron chi connectivity index (χ3n) is 1.02. The minimum absolute atomic E-state index is 0. The topological polar surface area (TPSA) is 77.4 Å². The van der Waals surface area contributed by atoms with Gasteiger partial charge in [0.2, 0.25) is 0 Å². The maximum atomic E-state index is 10.2. The van der Waals surface area contributed by atoms with Crippen LogP contribution in [0.25, 0.3) is 0 Å². The number of benzene rings is 1. The summed E-state index contributed by atoms with van der Waals surface area (Å²) in [7, 11) is 0.750. The molecule has 0 spiro atoms. The molecule has 0 radical (unpaired) electrons. The van der Waals surface area contributed by atoms with Crippen LogP contribution in [0.1, 0.15) is 17.3 Å². The van der Waals surface area contributed by atoms with Crippen LogP contribution in [0.15, 0.2) is 30.3 Å². The van der Waals surface area contributed by atoms with Gasteiger partial charge >= 0.3 is 57.4 Å². The molecule has 0 saturated carbocycles. The van der Waals surface area contributed by atoms with E-state index in [1.54, 1.807) is 30.3 Å². The molecule has 0 aromatic heterocycles. The first-order valence-electron chi connectivity index (χ1n) is 3.81. The van der Waals surface area contributed by atoms with E-state index in [4.69, 9.17) is 15.0 Å². The van der Waals surface area contributed by atoms with E-state index < -0.39 is 5.97 Å². The quantitative estimate of drug-likeness (QED) is 0.434. The molecule has 1 aromatic carbocycles. The second-order valence-electron chi connectivity index (χ2n) is 1.91. The molecule has 78 valence electrons. The van der Waals surface area contributed by atoms with Crippen LogP contribution in [0.2, 0.25) is 0 Å². The van der Waals surface area contributed by atoms with Crippen molar-refractivity contribution in [2.24, 2.45) is 0 Å². The summed E-state index contributed by atoms with van der Waals surface area (Å²) in [6.07, 6.45) is 0.750. The fourth-order valence-electron chi connectivity index (χ4n) is 0.581. The number of carbonyl (C=O) groups is 2. The molecule has 1 aromatic rings. The van der Waals surface area contributed by atoms with Crippen molar-refractivity contribution >= 4 is 12.3 Å². The van der Waals surface area contributed by atoms with Crippen molar-refractivity contribution in [2.75, 3.05) is 7.11 Å². The molecule has 0 atom stereocenters. The molecule has 0 aliphatic heterocycles. The normalized spacial score (nSPS) is 6.60. The van der Waals surface area contributed by atoms with Gasteiger partial charge in [-0.15, -0.1) is 0 Å². The summed E-state index contributed by atoms with van der Waals surface area (Å²) in [5.74, 6) is -0.879. The molecule has 5 heteroatoms. The first-order valence-corrected chi connectivity index (χ1v) is 3.81. The third-order valence-corrected chi connectivity index (χ3v) is 1.02. The Hall–Kier alpha value is -0.0436. The molecule has 0 bridgehead atoms. The Morgan fingerprint density at radius 1 is 1.27 bits per heavy atom. The minimum atomic E-state index is -0.879. The molecule has 1 rings (SSSR count). The number of carboxylic acid groups (broad SMARTS) is 1. The molecule has 0 unspecified atom stereocenters. The van der Waals surface area contributed by atoms with Crippen LogP contribution in [-0.2, 0) is 4.79 Å². The first-order chi connectivity index (χ1) is 6.72. The van der Waals surface area contributed by atoms with Crippen LogP contribution in [0.5, 0.6) is 0 Å². The molecule has 0 fully saturated rings. The van der Waals surface area contributed by atoms with E-state index in [9.17, 15) is 4.79 Å². The fourth-order valence-corrected chi connectivity index (χ4v) is 0.581. The van der Waals surface area contributed by atoms with Gasteiger partial charge < -0.3 is 15.0 Å². The number of carbonyl (C=O) groups excluding carboxylic acids is 1. The molecule has 0 heterocycles. The molecule has 15 heavy (non-hydrogen) atoms. The zero-order chi connectivity index (χ0) is 11.4. The van der Waals surface area contributed by atoms with Gasteiger partial charge in [-0.3, -0.25) is 0 Å². The van der Waals surface area contributed by atoms with E-state index in [1.807, 2.05) is 0 Å². The Kier molecular flexibility index (Phi) is 22.3. The monoisotopic (exact) mass is 236 g/mol. The van der Waals surface area contributed by atoms with Gasteiger partial charge in [0, 0.05) is 0 Å². The second kappa shape index (κ2) is 16.4. The van der Waals surface area contributed by atoms with Gasteiger partial charge in [0.1, 0.15) is 6.29 Å². The second-order valence-corrected chi connectivity index (χ2v) is 1.91. The van der Waals surface area contributed by atoms with Crippen LogP contribution in [-0.4, -0.2) is 24.5 Å². The smallest absolute Gasteiger partial charge is 0.857 e. The Morgan fingerprint density at radius 2 is 1.60 bits per heavy atom. The van der Waals surface area contributed by atoms with E-state index >= 15 is 0 Å². The summed E-state index contributed by atoms with van der Waals surface area (Å²) in [6, 6.07) is 8.30.